The lowest BCUT2D eigenvalue weighted by atomic mass is 10.6. The van der Waals surface area contributed by atoms with E-state index in [9.17, 15) is 8.78 Å². The van der Waals surface area contributed by atoms with E-state index in [1.165, 1.54) is 7.05 Å². The summed E-state index contributed by atoms with van der Waals surface area (Å²) >= 11 is 0. The second kappa shape index (κ2) is 4.47. The van der Waals surface area contributed by atoms with Crippen molar-refractivity contribution < 1.29 is 8.78 Å². The summed E-state index contributed by atoms with van der Waals surface area (Å²) in [6.45, 7) is -0.560. The summed E-state index contributed by atoms with van der Waals surface area (Å²) in [7, 11) is 1.31. The predicted molar refractivity (Wildman–Crippen MR) is 42.2 cm³/mol. The molecule has 0 rings (SSSR count). The molecule has 0 unspecified atom stereocenters. The minimum absolute atomic E-state index is 0.318. The van der Waals surface area contributed by atoms with Crippen molar-refractivity contribution in [3.63, 3.8) is 0 Å². The van der Waals surface area contributed by atoms with Gasteiger partial charge >= 0.3 is 0 Å². The van der Waals surface area contributed by atoms with Crippen molar-refractivity contribution in [2.24, 2.45) is 16.5 Å². The van der Waals surface area contributed by atoms with Crippen molar-refractivity contribution in [1.29, 1.82) is 5.41 Å². The van der Waals surface area contributed by atoms with E-state index in [0.717, 1.165) is 4.90 Å². The molecule has 12 heavy (non-hydrogen) atoms. The molecule has 0 aliphatic heterocycles. The first-order valence-corrected chi connectivity index (χ1v) is 3.11. The van der Waals surface area contributed by atoms with Gasteiger partial charge in [-0.2, -0.15) is 4.99 Å². The molecule has 0 bridgehead atoms. The summed E-state index contributed by atoms with van der Waals surface area (Å²) < 4.78 is 23.5. The molecule has 0 spiro atoms. The smallest absolute Gasteiger partial charge is 0.255 e. The zero-order valence-corrected chi connectivity index (χ0v) is 6.59. The van der Waals surface area contributed by atoms with Crippen molar-refractivity contribution in [3.05, 3.63) is 0 Å². The molecule has 0 radical (unpaired) electrons. The van der Waals surface area contributed by atoms with Crippen LogP contribution >= 0.6 is 0 Å². The number of nitrogens with two attached hydrogens (primary N) is 2. The molecule has 0 heterocycles. The fraction of sp³-hybridized carbons (Fsp3) is 0.600. The topological polar surface area (TPSA) is 91.5 Å². The van der Waals surface area contributed by atoms with Crippen molar-refractivity contribution in [1.82, 2.24) is 4.90 Å². The molecule has 70 valence electrons. The molecule has 0 amide bonds. The van der Waals surface area contributed by atoms with Gasteiger partial charge in [-0.1, -0.05) is 0 Å². The summed E-state index contributed by atoms with van der Waals surface area (Å²) in [5, 5.41) is 7.06. The maximum atomic E-state index is 11.7. The minimum Gasteiger partial charge on any atom is -0.370 e. The van der Waals surface area contributed by atoms with Gasteiger partial charge in [-0.3, -0.25) is 5.41 Å². The van der Waals surface area contributed by atoms with E-state index in [2.05, 4.69) is 4.99 Å². The Morgan fingerprint density at radius 3 is 2.42 bits per heavy atom. The van der Waals surface area contributed by atoms with Gasteiger partial charge < -0.3 is 16.4 Å². The first kappa shape index (κ1) is 10.6. The summed E-state index contributed by atoms with van der Waals surface area (Å²) in [6.07, 6.45) is -2.51. The number of guanidine groups is 2. The molecular formula is C5H11F2N5. The molecule has 0 atom stereocenters. The van der Waals surface area contributed by atoms with Crippen LogP contribution in [-0.4, -0.2) is 36.8 Å². The van der Waals surface area contributed by atoms with Crippen LogP contribution in [0.2, 0.25) is 0 Å². The van der Waals surface area contributed by atoms with Crippen LogP contribution in [0.15, 0.2) is 4.99 Å². The average molecular weight is 179 g/mol. The Morgan fingerprint density at radius 2 is 2.08 bits per heavy atom. The molecule has 0 aromatic rings. The molecule has 7 heteroatoms. The summed E-state index contributed by atoms with van der Waals surface area (Å²) in [6, 6.07) is 0. The summed E-state index contributed by atoms with van der Waals surface area (Å²) in [4.78, 5) is 4.23. The maximum absolute atomic E-state index is 11.7. The van der Waals surface area contributed by atoms with Crippen LogP contribution in [0.1, 0.15) is 0 Å². The third-order valence-corrected chi connectivity index (χ3v) is 1.01. The van der Waals surface area contributed by atoms with Crippen LogP contribution < -0.4 is 11.5 Å². The Bertz CT molecular complexity index is 186. The quantitative estimate of drug-likeness (QED) is 0.390. The first-order valence-electron chi connectivity index (χ1n) is 3.11. The standard InChI is InChI=1S/C5H11F2N5/c1-12(2-3(6)7)5(10)11-4(8)9/h3H,2H2,1H3,(H5,8,9,10,11). The van der Waals surface area contributed by atoms with Gasteiger partial charge in [0.25, 0.3) is 6.43 Å². The SMILES string of the molecule is CN(CC(F)F)C(=N)N=C(N)N. The summed E-state index contributed by atoms with van der Waals surface area (Å²) in [5.74, 6) is -0.698. The molecule has 5 N–H and O–H groups in total. The van der Waals surface area contributed by atoms with E-state index in [-0.39, 0.29) is 11.9 Å². The van der Waals surface area contributed by atoms with E-state index in [1.54, 1.807) is 0 Å². The minimum atomic E-state index is -2.51. The highest BCUT2D eigenvalue weighted by Crippen LogP contribution is 1.96. The number of alkyl halides is 2. The zero-order chi connectivity index (χ0) is 9.72. The van der Waals surface area contributed by atoms with E-state index < -0.39 is 13.0 Å². The Balaban J connectivity index is 4.02. The lowest BCUT2D eigenvalue weighted by Crippen LogP contribution is -2.33. The van der Waals surface area contributed by atoms with Crippen LogP contribution in [0, 0.1) is 5.41 Å². The van der Waals surface area contributed by atoms with Crippen LogP contribution in [0.4, 0.5) is 8.78 Å². The van der Waals surface area contributed by atoms with Crippen LogP contribution in [0.25, 0.3) is 0 Å². The lowest BCUT2D eigenvalue weighted by molar-refractivity contribution is 0.123. The van der Waals surface area contributed by atoms with Crippen LogP contribution in [0.3, 0.4) is 0 Å². The third kappa shape index (κ3) is 4.42. The Labute approximate surface area is 68.6 Å². The van der Waals surface area contributed by atoms with Gasteiger partial charge in [0.2, 0.25) is 5.96 Å². The number of hydrogen-bond donors (Lipinski definition) is 3. The Kier molecular flexibility index (Phi) is 3.95. The number of hydrogen-bond acceptors (Lipinski definition) is 1. The molecule has 0 fully saturated rings. The molecule has 0 aliphatic carbocycles. The van der Waals surface area contributed by atoms with Gasteiger partial charge in [-0.25, -0.2) is 8.78 Å². The van der Waals surface area contributed by atoms with E-state index >= 15 is 0 Å². The van der Waals surface area contributed by atoms with Gasteiger partial charge in [-0.15, -0.1) is 0 Å². The number of rotatable bonds is 2. The highest BCUT2D eigenvalue weighted by molar-refractivity contribution is 5.91. The van der Waals surface area contributed by atoms with Crippen molar-refractivity contribution >= 4 is 11.9 Å². The second-order valence-electron chi connectivity index (χ2n) is 2.13. The van der Waals surface area contributed by atoms with Gasteiger partial charge in [0.05, 0.1) is 6.54 Å². The number of nitrogens with zero attached hydrogens (tertiary/aromatic N) is 2. The summed E-state index contributed by atoms with van der Waals surface area (Å²) in [5.41, 5.74) is 9.87. The van der Waals surface area contributed by atoms with Crippen LogP contribution in [-0.2, 0) is 0 Å². The molecule has 0 aromatic carbocycles. The lowest BCUT2D eigenvalue weighted by Gasteiger charge is -2.15. The molecule has 0 aliphatic rings. The largest absolute Gasteiger partial charge is 0.370 e. The van der Waals surface area contributed by atoms with Crippen molar-refractivity contribution in [2.45, 2.75) is 6.43 Å². The van der Waals surface area contributed by atoms with Gasteiger partial charge in [-0.05, 0) is 0 Å². The van der Waals surface area contributed by atoms with Gasteiger partial charge in [0, 0.05) is 7.05 Å². The monoisotopic (exact) mass is 179 g/mol. The number of halogens is 2. The second-order valence-corrected chi connectivity index (χ2v) is 2.13. The highest BCUT2D eigenvalue weighted by atomic mass is 19.3. The van der Waals surface area contributed by atoms with E-state index in [4.69, 9.17) is 16.9 Å². The van der Waals surface area contributed by atoms with Crippen molar-refractivity contribution in [2.75, 3.05) is 13.6 Å². The molecule has 0 saturated carbocycles. The van der Waals surface area contributed by atoms with E-state index in [0.29, 0.717) is 0 Å². The zero-order valence-electron chi connectivity index (χ0n) is 6.59. The number of aliphatic imine (C=N–C) groups is 1. The molecule has 0 aromatic heterocycles. The Morgan fingerprint density at radius 1 is 1.58 bits per heavy atom. The fourth-order valence-corrected chi connectivity index (χ4v) is 0.501. The molecule has 5 nitrogen and oxygen atoms in total. The first-order chi connectivity index (χ1) is 5.43. The third-order valence-electron chi connectivity index (χ3n) is 1.01. The van der Waals surface area contributed by atoms with Gasteiger partial charge in [0.15, 0.2) is 5.96 Å². The van der Waals surface area contributed by atoms with Crippen LogP contribution in [0.5, 0.6) is 0 Å². The normalized spacial score (nSPS) is 9.67. The predicted octanol–water partition coefficient (Wildman–Crippen LogP) is -0.609. The van der Waals surface area contributed by atoms with Crippen molar-refractivity contribution in [3.8, 4) is 0 Å². The van der Waals surface area contributed by atoms with Gasteiger partial charge in [0.1, 0.15) is 0 Å². The fourth-order valence-electron chi connectivity index (χ4n) is 0.501. The average Bonchev–Trinajstić information content (AvgIpc) is 1.84. The molecular weight excluding hydrogens is 168 g/mol. The maximum Gasteiger partial charge on any atom is 0.255 e. The number of nitrogens with one attached hydrogen (secondary N) is 1. The van der Waals surface area contributed by atoms with E-state index in [1.807, 2.05) is 0 Å². The highest BCUT2D eigenvalue weighted by Gasteiger charge is 2.09. The molecule has 0 saturated heterocycles. The Hall–Kier alpha value is -1.40.